The van der Waals surface area contributed by atoms with Crippen LogP contribution in [0.15, 0.2) is 60.7 Å². The molecule has 0 radical (unpaired) electrons. The van der Waals surface area contributed by atoms with E-state index in [1.165, 1.54) is 0 Å². The highest BCUT2D eigenvalue weighted by Gasteiger charge is 2.15. The molecule has 3 aromatic rings. The molecule has 0 aliphatic heterocycles. The molecule has 1 aromatic heterocycles. The number of hydrogen-bond donors (Lipinski definition) is 3. The first-order valence-electron chi connectivity index (χ1n) is 9.02. The summed E-state index contributed by atoms with van der Waals surface area (Å²) in [7, 11) is 1.61. The zero-order valence-electron chi connectivity index (χ0n) is 16.4. The van der Waals surface area contributed by atoms with Gasteiger partial charge in [-0.15, -0.1) is 0 Å². The van der Waals surface area contributed by atoms with Crippen molar-refractivity contribution in [2.75, 3.05) is 12.4 Å². The molecular weight excluding hydrogens is 384 g/mol. The van der Waals surface area contributed by atoms with Gasteiger partial charge in [0.05, 0.1) is 18.4 Å². The molecule has 0 aliphatic carbocycles. The lowest BCUT2D eigenvalue weighted by Crippen LogP contribution is -2.44. The topological polar surface area (TPSA) is 75.3 Å². The molecule has 3 N–H and O–H groups in total. The van der Waals surface area contributed by atoms with Crippen molar-refractivity contribution in [1.82, 2.24) is 15.8 Å². The van der Waals surface area contributed by atoms with Crippen molar-refractivity contribution in [1.29, 1.82) is 0 Å². The van der Waals surface area contributed by atoms with Gasteiger partial charge in [0.15, 0.2) is 5.11 Å². The zero-order valence-corrected chi connectivity index (χ0v) is 17.3. The van der Waals surface area contributed by atoms with Gasteiger partial charge in [0.25, 0.3) is 5.91 Å². The van der Waals surface area contributed by atoms with Crippen molar-refractivity contribution in [2.45, 2.75) is 13.8 Å². The molecule has 1 amide bonds. The molecule has 6 nitrogen and oxygen atoms in total. The minimum atomic E-state index is -0.337. The number of methoxy groups -OCH3 is 1. The number of hydrazine groups is 1. The first-order valence-corrected chi connectivity index (χ1v) is 9.43. The molecule has 0 atom stereocenters. The summed E-state index contributed by atoms with van der Waals surface area (Å²) < 4.78 is 5.20. The van der Waals surface area contributed by atoms with Crippen LogP contribution in [0, 0.1) is 13.8 Å². The summed E-state index contributed by atoms with van der Waals surface area (Å²) in [5.74, 6) is 0.401. The van der Waals surface area contributed by atoms with E-state index in [1.54, 1.807) is 19.2 Å². The Bertz CT molecular complexity index is 1020. The number of aryl methyl sites for hydroxylation is 2. The zero-order chi connectivity index (χ0) is 20.8. The summed E-state index contributed by atoms with van der Waals surface area (Å²) in [6, 6.07) is 18.7. The molecule has 29 heavy (non-hydrogen) atoms. The van der Waals surface area contributed by atoms with E-state index < -0.39 is 0 Å². The van der Waals surface area contributed by atoms with Crippen molar-refractivity contribution in [3.63, 3.8) is 0 Å². The molecular formula is C22H22N4O2S. The first kappa shape index (κ1) is 20.3. The average molecular weight is 407 g/mol. The Morgan fingerprint density at radius 3 is 2.28 bits per heavy atom. The minimum Gasteiger partial charge on any atom is -0.497 e. The molecule has 2 aromatic carbocycles. The number of carbonyl (C=O) groups excluding carboxylic acids is 1. The normalized spacial score (nSPS) is 10.2. The molecule has 1 heterocycles. The molecule has 0 spiro atoms. The van der Waals surface area contributed by atoms with Gasteiger partial charge >= 0.3 is 0 Å². The maximum Gasteiger partial charge on any atom is 0.271 e. The van der Waals surface area contributed by atoms with Crippen LogP contribution < -0.4 is 20.9 Å². The summed E-state index contributed by atoms with van der Waals surface area (Å²) in [6.45, 7) is 3.89. The minimum absolute atomic E-state index is 0.285. The van der Waals surface area contributed by atoms with Crippen molar-refractivity contribution in [3.05, 3.63) is 77.5 Å². The predicted octanol–water partition coefficient (Wildman–Crippen LogP) is 4.01. The van der Waals surface area contributed by atoms with Crippen LogP contribution in [0.4, 0.5) is 5.69 Å². The van der Waals surface area contributed by atoms with Gasteiger partial charge in [-0.05, 0) is 74.6 Å². The maximum atomic E-state index is 12.7. The molecule has 0 bridgehead atoms. The van der Waals surface area contributed by atoms with Crippen molar-refractivity contribution >= 4 is 28.9 Å². The fourth-order valence-electron chi connectivity index (χ4n) is 2.69. The summed E-state index contributed by atoms with van der Waals surface area (Å²) in [5, 5.41) is 3.31. The number of hydrogen-bond acceptors (Lipinski definition) is 4. The van der Waals surface area contributed by atoms with Crippen LogP contribution in [0.1, 0.15) is 21.6 Å². The van der Waals surface area contributed by atoms with Crippen LogP contribution in [0.3, 0.4) is 0 Å². The van der Waals surface area contributed by atoms with Crippen LogP contribution >= 0.6 is 12.2 Å². The molecule has 148 valence electrons. The quantitative estimate of drug-likeness (QED) is 0.449. The van der Waals surface area contributed by atoms with Crippen molar-refractivity contribution in [3.8, 4) is 17.0 Å². The van der Waals surface area contributed by atoms with Crippen molar-refractivity contribution < 1.29 is 9.53 Å². The largest absolute Gasteiger partial charge is 0.497 e. The smallest absolute Gasteiger partial charge is 0.271 e. The number of thiocarbonyl (C=S) groups is 1. The molecule has 0 saturated carbocycles. The Morgan fingerprint density at radius 2 is 1.62 bits per heavy atom. The highest BCUT2D eigenvalue weighted by molar-refractivity contribution is 7.80. The third-order valence-corrected chi connectivity index (χ3v) is 4.45. The summed E-state index contributed by atoms with van der Waals surface area (Å²) in [5.41, 5.74) is 10.00. The fourth-order valence-corrected chi connectivity index (χ4v) is 2.86. The van der Waals surface area contributed by atoms with E-state index in [-0.39, 0.29) is 11.0 Å². The molecule has 0 fully saturated rings. The molecule has 0 unspecified atom stereocenters. The van der Waals surface area contributed by atoms with Crippen LogP contribution in [-0.2, 0) is 0 Å². The maximum absolute atomic E-state index is 12.7. The van der Waals surface area contributed by atoms with Gasteiger partial charge < -0.3 is 10.1 Å². The number of pyridine rings is 1. The number of rotatable bonds is 4. The second kappa shape index (κ2) is 9.16. The van der Waals surface area contributed by atoms with Crippen LogP contribution in [0.5, 0.6) is 5.75 Å². The SMILES string of the molecule is COc1ccc(-c2nc(C)ccc2C(=O)NNC(=S)Nc2ccc(C)cc2)cc1. The van der Waals surface area contributed by atoms with Crippen LogP contribution in [-0.4, -0.2) is 23.1 Å². The molecule has 7 heteroatoms. The van der Waals surface area contributed by atoms with E-state index in [0.29, 0.717) is 11.3 Å². The number of carbonyl (C=O) groups is 1. The molecule has 3 rings (SSSR count). The number of ether oxygens (including phenoxy) is 1. The lowest BCUT2D eigenvalue weighted by molar-refractivity contribution is 0.0944. The fraction of sp³-hybridized carbons (Fsp3) is 0.136. The van der Waals surface area contributed by atoms with E-state index in [2.05, 4.69) is 21.2 Å². The Labute approximate surface area is 175 Å². The highest BCUT2D eigenvalue weighted by Crippen LogP contribution is 2.24. The number of nitrogens with zero attached hydrogens (tertiary/aromatic N) is 1. The second-order valence-electron chi connectivity index (χ2n) is 6.48. The van der Waals surface area contributed by atoms with Gasteiger partial charge in [-0.3, -0.25) is 20.6 Å². The Balaban J connectivity index is 1.71. The Hall–Kier alpha value is -3.45. The third-order valence-electron chi connectivity index (χ3n) is 4.24. The van der Waals surface area contributed by atoms with Crippen LogP contribution in [0.25, 0.3) is 11.3 Å². The lowest BCUT2D eigenvalue weighted by atomic mass is 10.0. The number of amides is 1. The average Bonchev–Trinajstić information content (AvgIpc) is 2.73. The summed E-state index contributed by atoms with van der Waals surface area (Å²) in [4.78, 5) is 17.3. The second-order valence-corrected chi connectivity index (χ2v) is 6.88. The standard InChI is InChI=1S/C22H22N4O2S/c1-14-4-9-17(10-5-14)24-22(29)26-25-21(27)19-13-6-15(2)23-20(19)16-7-11-18(28-3)12-8-16/h4-13H,1-3H3,(H,25,27)(H2,24,26,29). The number of aromatic nitrogens is 1. The third kappa shape index (κ3) is 5.30. The summed E-state index contributed by atoms with van der Waals surface area (Å²) >= 11 is 5.25. The first-order chi connectivity index (χ1) is 14.0. The van der Waals surface area contributed by atoms with Gasteiger partial charge in [0, 0.05) is 16.9 Å². The number of benzene rings is 2. The predicted molar refractivity (Wildman–Crippen MR) is 119 cm³/mol. The monoisotopic (exact) mass is 406 g/mol. The number of nitrogens with one attached hydrogen (secondary N) is 3. The van der Waals surface area contributed by atoms with Crippen molar-refractivity contribution in [2.24, 2.45) is 0 Å². The Morgan fingerprint density at radius 1 is 0.931 bits per heavy atom. The van der Waals surface area contributed by atoms with E-state index >= 15 is 0 Å². The lowest BCUT2D eigenvalue weighted by Gasteiger charge is -2.14. The number of anilines is 1. The van der Waals surface area contributed by atoms with Gasteiger partial charge in [-0.2, -0.15) is 0 Å². The molecule has 0 saturated heterocycles. The van der Waals surface area contributed by atoms with Gasteiger partial charge in [-0.25, -0.2) is 0 Å². The summed E-state index contributed by atoms with van der Waals surface area (Å²) in [6.07, 6.45) is 0. The van der Waals surface area contributed by atoms with E-state index in [1.807, 2.05) is 62.4 Å². The van der Waals surface area contributed by atoms with Gasteiger partial charge in [0.1, 0.15) is 5.75 Å². The van der Waals surface area contributed by atoms with E-state index in [0.717, 1.165) is 28.3 Å². The highest BCUT2D eigenvalue weighted by atomic mass is 32.1. The van der Waals surface area contributed by atoms with E-state index in [4.69, 9.17) is 17.0 Å². The molecule has 0 aliphatic rings. The van der Waals surface area contributed by atoms with Gasteiger partial charge in [-0.1, -0.05) is 17.7 Å². The van der Waals surface area contributed by atoms with Gasteiger partial charge in [0.2, 0.25) is 0 Å². The van der Waals surface area contributed by atoms with Crippen LogP contribution in [0.2, 0.25) is 0 Å². The van der Waals surface area contributed by atoms with E-state index in [9.17, 15) is 4.79 Å². The Kier molecular flexibility index (Phi) is 6.41.